The summed E-state index contributed by atoms with van der Waals surface area (Å²) in [4.78, 5) is 15.9. The van der Waals surface area contributed by atoms with E-state index in [-0.39, 0.29) is 5.56 Å². The monoisotopic (exact) mass is 303 g/mol. The second-order valence-electron chi connectivity index (χ2n) is 3.32. The Hall–Kier alpha value is -1.11. The van der Waals surface area contributed by atoms with Crippen molar-refractivity contribution in [3.63, 3.8) is 0 Å². The number of carbonyl (C=O) groups is 1. The Morgan fingerprint density at radius 2 is 2.33 bits per heavy atom. The summed E-state index contributed by atoms with van der Waals surface area (Å²) in [5.74, 6) is -0.997. The van der Waals surface area contributed by atoms with Crippen LogP contribution in [-0.4, -0.2) is 16.1 Å². The highest BCUT2D eigenvalue weighted by Crippen LogP contribution is 2.29. The zero-order valence-electron chi connectivity index (χ0n) is 8.89. The first-order valence-electron chi connectivity index (χ1n) is 4.82. The van der Waals surface area contributed by atoms with Crippen molar-refractivity contribution < 1.29 is 14.3 Å². The van der Waals surface area contributed by atoms with Gasteiger partial charge in [0.05, 0.1) is 5.56 Å². The summed E-state index contributed by atoms with van der Waals surface area (Å²) in [6.45, 7) is 0. The number of benzene rings is 1. The van der Waals surface area contributed by atoms with Gasteiger partial charge in [0.25, 0.3) is 0 Å². The third-order valence-corrected chi connectivity index (χ3v) is 4.45. The van der Waals surface area contributed by atoms with E-state index in [0.717, 1.165) is 10.9 Å². The molecule has 0 spiro atoms. The number of hydrogen-bond acceptors (Lipinski definition) is 4. The second-order valence-corrected chi connectivity index (χ2v) is 6.03. The molecule has 18 heavy (non-hydrogen) atoms. The van der Waals surface area contributed by atoms with Crippen molar-refractivity contribution in [2.24, 2.45) is 0 Å². The Bertz CT molecular complexity index is 588. The van der Waals surface area contributed by atoms with Gasteiger partial charge in [0.2, 0.25) is 0 Å². The maximum Gasteiger partial charge on any atom is 0.335 e. The number of halogens is 2. The van der Waals surface area contributed by atoms with Gasteiger partial charge in [-0.3, -0.25) is 0 Å². The third-order valence-electron chi connectivity index (χ3n) is 2.07. The largest absolute Gasteiger partial charge is 0.478 e. The molecule has 1 heterocycles. The lowest BCUT2D eigenvalue weighted by atomic mass is 10.2. The van der Waals surface area contributed by atoms with Gasteiger partial charge in [-0.05, 0) is 18.2 Å². The van der Waals surface area contributed by atoms with Gasteiger partial charge in [-0.2, -0.15) is 0 Å². The quantitative estimate of drug-likeness (QED) is 0.870. The SMILES string of the molecule is O=C(O)c1ccc(F)c(SCc2cnc(Cl)s2)c1. The van der Waals surface area contributed by atoms with Crippen LogP contribution in [0.25, 0.3) is 0 Å². The number of carboxylic acids is 1. The average molecular weight is 304 g/mol. The number of rotatable bonds is 4. The Morgan fingerprint density at radius 3 is 2.94 bits per heavy atom. The van der Waals surface area contributed by atoms with Crippen LogP contribution in [0.2, 0.25) is 4.47 Å². The summed E-state index contributed by atoms with van der Waals surface area (Å²) in [7, 11) is 0. The molecule has 1 aromatic carbocycles. The summed E-state index contributed by atoms with van der Waals surface area (Å²) in [6, 6.07) is 3.72. The highest BCUT2D eigenvalue weighted by atomic mass is 35.5. The minimum Gasteiger partial charge on any atom is -0.478 e. The fraction of sp³-hybridized carbons (Fsp3) is 0.0909. The van der Waals surface area contributed by atoms with E-state index < -0.39 is 11.8 Å². The molecule has 0 unspecified atom stereocenters. The van der Waals surface area contributed by atoms with Crippen LogP contribution in [0.4, 0.5) is 4.39 Å². The van der Waals surface area contributed by atoms with Crippen LogP contribution in [0.3, 0.4) is 0 Å². The van der Waals surface area contributed by atoms with Crippen LogP contribution in [0.15, 0.2) is 29.3 Å². The Kier molecular flexibility index (Phi) is 4.21. The van der Waals surface area contributed by atoms with E-state index >= 15 is 0 Å². The number of carboxylic acid groups (broad SMARTS) is 1. The molecule has 0 fully saturated rings. The average Bonchev–Trinajstić information content (AvgIpc) is 2.74. The van der Waals surface area contributed by atoms with Crippen molar-refractivity contribution >= 4 is 40.7 Å². The minimum absolute atomic E-state index is 0.0706. The van der Waals surface area contributed by atoms with Crippen LogP contribution < -0.4 is 0 Å². The van der Waals surface area contributed by atoms with E-state index in [1.54, 1.807) is 6.20 Å². The molecule has 7 heteroatoms. The Labute approximate surface area is 116 Å². The standard InChI is InChI=1S/C11H7ClFNO2S2/c12-11-14-4-7(18-11)5-17-9-3-6(10(15)16)1-2-8(9)13/h1-4H,5H2,(H,15,16). The number of aromatic nitrogens is 1. The molecule has 2 rings (SSSR count). The van der Waals surface area contributed by atoms with Gasteiger partial charge in [0, 0.05) is 21.7 Å². The topological polar surface area (TPSA) is 50.2 Å². The molecular weight excluding hydrogens is 297 g/mol. The fourth-order valence-electron chi connectivity index (χ4n) is 1.25. The molecular formula is C11H7ClFNO2S2. The minimum atomic E-state index is -1.07. The molecule has 0 aliphatic rings. The van der Waals surface area contributed by atoms with Gasteiger partial charge in [-0.1, -0.05) is 11.6 Å². The lowest BCUT2D eigenvalue weighted by Gasteiger charge is -2.03. The summed E-state index contributed by atoms with van der Waals surface area (Å²) in [6.07, 6.45) is 1.62. The van der Waals surface area contributed by atoms with E-state index in [9.17, 15) is 9.18 Å². The molecule has 0 radical (unpaired) electrons. The molecule has 0 saturated heterocycles. The van der Waals surface area contributed by atoms with Gasteiger partial charge in [-0.25, -0.2) is 14.2 Å². The maximum absolute atomic E-state index is 13.5. The maximum atomic E-state index is 13.5. The molecule has 0 bridgehead atoms. The number of thioether (sulfide) groups is 1. The second kappa shape index (κ2) is 5.69. The molecule has 0 saturated carbocycles. The highest BCUT2D eigenvalue weighted by molar-refractivity contribution is 7.98. The molecule has 1 aromatic heterocycles. The first-order chi connectivity index (χ1) is 8.56. The van der Waals surface area contributed by atoms with E-state index in [0.29, 0.717) is 15.1 Å². The predicted molar refractivity (Wildman–Crippen MR) is 70.0 cm³/mol. The van der Waals surface area contributed by atoms with Crippen LogP contribution in [0.1, 0.15) is 15.2 Å². The smallest absolute Gasteiger partial charge is 0.335 e. The van der Waals surface area contributed by atoms with Crippen LogP contribution in [0, 0.1) is 5.82 Å². The zero-order valence-corrected chi connectivity index (χ0v) is 11.3. The molecule has 3 nitrogen and oxygen atoms in total. The lowest BCUT2D eigenvalue weighted by molar-refractivity contribution is 0.0696. The lowest BCUT2D eigenvalue weighted by Crippen LogP contribution is -1.97. The molecule has 2 aromatic rings. The number of hydrogen-bond donors (Lipinski definition) is 1. The predicted octanol–water partition coefficient (Wildman–Crippen LogP) is 3.93. The number of aromatic carboxylic acids is 1. The molecule has 94 valence electrons. The van der Waals surface area contributed by atoms with Gasteiger partial charge < -0.3 is 5.11 Å². The van der Waals surface area contributed by atoms with E-state index in [1.807, 2.05) is 0 Å². The van der Waals surface area contributed by atoms with Crippen molar-refractivity contribution in [3.05, 3.63) is 45.1 Å². The summed E-state index contributed by atoms with van der Waals surface area (Å²) in [5, 5.41) is 8.83. The van der Waals surface area contributed by atoms with Crippen molar-refractivity contribution in [3.8, 4) is 0 Å². The fourth-order valence-corrected chi connectivity index (χ4v) is 3.22. The molecule has 1 N–H and O–H groups in total. The normalized spacial score (nSPS) is 10.6. The Balaban J connectivity index is 2.13. The Morgan fingerprint density at radius 1 is 1.56 bits per heavy atom. The number of thiazole rings is 1. The molecule has 0 amide bonds. The van der Waals surface area contributed by atoms with Crippen LogP contribution in [0.5, 0.6) is 0 Å². The van der Waals surface area contributed by atoms with E-state index in [1.165, 1.54) is 35.2 Å². The molecule has 0 atom stereocenters. The molecule has 0 aliphatic carbocycles. The van der Waals surface area contributed by atoms with Crippen LogP contribution in [-0.2, 0) is 5.75 Å². The summed E-state index contributed by atoms with van der Waals surface area (Å²) in [5.41, 5.74) is 0.0706. The third kappa shape index (κ3) is 3.22. The van der Waals surface area contributed by atoms with Gasteiger partial charge >= 0.3 is 5.97 Å². The summed E-state index contributed by atoms with van der Waals surface area (Å²) < 4.78 is 13.9. The summed E-state index contributed by atoms with van der Waals surface area (Å²) >= 11 is 8.22. The first kappa shape index (κ1) is 13.3. The van der Waals surface area contributed by atoms with Crippen molar-refractivity contribution in [1.82, 2.24) is 4.98 Å². The molecule has 0 aliphatic heterocycles. The number of nitrogens with zero attached hydrogens (tertiary/aromatic N) is 1. The van der Waals surface area contributed by atoms with Crippen molar-refractivity contribution in [2.75, 3.05) is 0 Å². The van der Waals surface area contributed by atoms with E-state index in [2.05, 4.69) is 4.98 Å². The van der Waals surface area contributed by atoms with Crippen molar-refractivity contribution in [1.29, 1.82) is 0 Å². The zero-order chi connectivity index (χ0) is 13.1. The van der Waals surface area contributed by atoms with Gasteiger partial charge in [-0.15, -0.1) is 23.1 Å². The van der Waals surface area contributed by atoms with Gasteiger partial charge in [0.15, 0.2) is 4.47 Å². The van der Waals surface area contributed by atoms with Crippen LogP contribution >= 0.6 is 34.7 Å². The van der Waals surface area contributed by atoms with Gasteiger partial charge in [0.1, 0.15) is 5.82 Å². The van der Waals surface area contributed by atoms with Crippen molar-refractivity contribution in [2.45, 2.75) is 10.6 Å². The highest BCUT2D eigenvalue weighted by Gasteiger charge is 2.09. The van der Waals surface area contributed by atoms with E-state index in [4.69, 9.17) is 16.7 Å². The first-order valence-corrected chi connectivity index (χ1v) is 7.00.